The number of halogens is 1. The Labute approximate surface area is 182 Å². The molecule has 0 spiro atoms. The minimum absolute atomic E-state index is 0.0577. The summed E-state index contributed by atoms with van der Waals surface area (Å²) in [6.07, 6.45) is 0. The lowest BCUT2D eigenvalue weighted by Crippen LogP contribution is -2.44. The molecule has 3 rings (SSSR count). The maximum absolute atomic E-state index is 14.6. The molecule has 31 heavy (non-hydrogen) atoms. The predicted molar refractivity (Wildman–Crippen MR) is 118 cm³/mol. The van der Waals surface area contributed by atoms with E-state index in [4.69, 9.17) is 10.5 Å². The maximum atomic E-state index is 14.6. The van der Waals surface area contributed by atoms with Gasteiger partial charge in [-0.05, 0) is 38.5 Å². The zero-order valence-electron chi connectivity index (χ0n) is 18.2. The van der Waals surface area contributed by atoms with Crippen molar-refractivity contribution in [3.05, 3.63) is 59.4 Å². The highest BCUT2D eigenvalue weighted by Gasteiger charge is 2.21. The molecule has 1 aliphatic heterocycles. The summed E-state index contributed by atoms with van der Waals surface area (Å²) in [4.78, 5) is 23.7. The van der Waals surface area contributed by atoms with Crippen LogP contribution in [0.5, 0.6) is 0 Å². The molecule has 0 atom stereocenters. The van der Waals surface area contributed by atoms with E-state index in [-0.39, 0.29) is 23.5 Å². The molecule has 0 unspecified atom stereocenters. The summed E-state index contributed by atoms with van der Waals surface area (Å²) in [5, 5.41) is 3.21. The van der Waals surface area contributed by atoms with Crippen molar-refractivity contribution in [1.82, 2.24) is 5.32 Å². The fraction of sp³-hybridized carbons (Fsp3) is 0.391. The van der Waals surface area contributed by atoms with E-state index in [1.54, 1.807) is 6.07 Å². The Hall–Kier alpha value is -3.13. The second kappa shape index (κ2) is 11.3. The number of hydrogen-bond acceptors (Lipinski definition) is 7. The van der Waals surface area contributed by atoms with Crippen LogP contribution in [-0.4, -0.2) is 44.2 Å². The van der Waals surface area contributed by atoms with Crippen molar-refractivity contribution in [1.29, 1.82) is 0 Å². The van der Waals surface area contributed by atoms with Crippen molar-refractivity contribution in [3.8, 4) is 0 Å². The number of ether oxygens (including phenoxy) is 2. The quantitative estimate of drug-likeness (QED) is 0.427. The Bertz CT molecular complexity index is 863. The van der Waals surface area contributed by atoms with Crippen LogP contribution in [0.15, 0.2) is 42.5 Å². The van der Waals surface area contributed by atoms with Gasteiger partial charge in [0.05, 0.1) is 16.9 Å². The van der Waals surface area contributed by atoms with E-state index in [1.165, 1.54) is 6.07 Å². The minimum atomic E-state index is -0.623. The molecule has 8 heteroatoms. The smallest absolute Gasteiger partial charge is 0.340 e. The molecular formula is C23H30FN3O4. The van der Waals surface area contributed by atoms with Crippen LogP contribution in [0.2, 0.25) is 0 Å². The molecule has 3 N–H and O–H groups in total. The lowest BCUT2D eigenvalue weighted by Gasteiger charge is -2.30. The van der Waals surface area contributed by atoms with Crippen LogP contribution < -0.4 is 16.0 Å². The van der Waals surface area contributed by atoms with E-state index in [2.05, 4.69) is 10.1 Å². The normalized spacial score (nSPS) is 13.6. The zero-order valence-corrected chi connectivity index (χ0v) is 18.2. The van der Waals surface area contributed by atoms with Crippen LogP contribution in [-0.2, 0) is 20.9 Å². The standard InChI is InChI=1S/C18H20FN3O2.C5H10O2/c19-16-15(22-10-8-21-9-11-22)7-6-14(17(16)20)18(23)24-12-13-4-2-1-3-5-13;1-5(2,3)7-4-6/h1-7,21H,8-12,20H2;4H,1-3H3. The van der Waals surface area contributed by atoms with E-state index in [1.807, 2.05) is 56.0 Å². The number of carbonyl (C=O) groups excluding carboxylic acids is 2. The maximum Gasteiger partial charge on any atom is 0.340 e. The summed E-state index contributed by atoms with van der Waals surface area (Å²) < 4.78 is 24.4. The highest BCUT2D eigenvalue weighted by molar-refractivity contribution is 5.96. The molecule has 1 aliphatic rings. The van der Waals surface area contributed by atoms with E-state index in [0.29, 0.717) is 25.2 Å². The zero-order chi connectivity index (χ0) is 22.9. The molecule has 0 amide bonds. The average Bonchev–Trinajstić information content (AvgIpc) is 2.75. The van der Waals surface area contributed by atoms with Crippen LogP contribution in [0, 0.1) is 5.82 Å². The Morgan fingerprint density at radius 2 is 1.81 bits per heavy atom. The van der Waals surface area contributed by atoms with Crippen LogP contribution in [0.25, 0.3) is 0 Å². The molecule has 1 heterocycles. The van der Waals surface area contributed by atoms with Crippen LogP contribution in [0.1, 0.15) is 36.7 Å². The van der Waals surface area contributed by atoms with Crippen LogP contribution in [0.4, 0.5) is 15.8 Å². The third-order valence-corrected chi connectivity index (χ3v) is 4.45. The van der Waals surface area contributed by atoms with Gasteiger partial charge < -0.3 is 25.4 Å². The first kappa shape index (κ1) is 24.1. The van der Waals surface area contributed by atoms with Crippen molar-refractivity contribution >= 4 is 23.8 Å². The summed E-state index contributed by atoms with van der Waals surface area (Å²) in [6, 6.07) is 12.4. The molecule has 2 aromatic rings. The lowest BCUT2D eigenvalue weighted by molar-refractivity contribution is -0.138. The van der Waals surface area contributed by atoms with Gasteiger partial charge in [-0.2, -0.15) is 0 Å². The van der Waals surface area contributed by atoms with Crippen molar-refractivity contribution in [2.75, 3.05) is 36.8 Å². The lowest BCUT2D eigenvalue weighted by atomic mass is 10.1. The Morgan fingerprint density at radius 1 is 1.16 bits per heavy atom. The van der Waals surface area contributed by atoms with Gasteiger partial charge in [-0.15, -0.1) is 0 Å². The third kappa shape index (κ3) is 7.57. The Kier molecular flexibility index (Phi) is 8.81. The summed E-state index contributed by atoms with van der Waals surface area (Å²) in [5.41, 5.74) is 6.71. The number of rotatable bonds is 5. The van der Waals surface area contributed by atoms with E-state index < -0.39 is 11.8 Å². The van der Waals surface area contributed by atoms with Crippen molar-refractivity contribution < 1.29 is 23.5 Å². The summed E-state index contributed by atoms with van der Waals surface area (Å²) >= 11 is 0. The largest absolute Gasteiger partial charge is 0.462 e. The number of esters is 1. The summed E-state index contributed by atoms with van der Waals surface area (Å²) in [5.74, 6) is -1.19. The first-order valence-corrected chi connectivity index (χ1v) is 10.1. The fourth-order valence-electron chi connectivity index (χ4n) is 2.85. The molecule has 1 fully saturated rings. The van der Waals surface area contributed by atoms with Crippen LogP contribution >= 0.6 is 0 Å². The predicted octanol–water partition coefficient (Wildman–Crippen LogP) is 3.13. The highest BCUT2D eigenvalue weighted by atomic mass is 19.1. The highest BCUT2D eigenvalue weighted by Crippen LogP contribution is 2.28. The number of anilines is 2. The second-order valence-electron chi connectivity index (χ2n) is 7.99. The average molecular weight is 432 g/mol. The molecule has 2 aromatic carbocycles. The Balaban J connectivity index is 0.000000423. The minimum Gasteiger partial charge on any atom is -0.462 e. The third-order valence-electron chi connectivity index (χ3n) is 4.45. The number of nitrogens with zero attached hydrogens (tertiary/aromatic N) is 1. The number of benzene rings is 2. The summed E-state index contributed by atoms with van der Waals surface area (Å²) in [7, 11) is 0. The fourth-order valence-corrected chi connectivity index (χ4v) is 2.85. The molecule has 0 aliphatic carbocycles. The van der Waals surface area contributed by atoms with Crippen molar-refractivity contribution in [3.63, 3.8) is 0 Å². The topological polar surface area (TPSA) is 93.9 Å². The van der Waals surface area contributed by atoms with Gasteiger partial charge in [0.1, 0.15) is 12.2 Å². The monoisotopic (exact) mass is 431 g/mol. The number of nitrogens with two attached hydrogens (primary N) is 1. The van der Waals surface area contributed by atoms with E-state index >= 15 is 0 Å². The number of nitrogens with one attached hydrogen (secondary N) is 1. The van der Waals surface area contributed by atoms with Gasteiger partial charge in [0.15, 0.2) is 5.82 Å². The first-order valence-electron chi connectivity index (χ1n) is 10.1. The van der Waals surface area contributed by atoms with E-state index in [0.717, 1.165) is 18.7 Å². The number of carbonyl (C=O) groups is 2. The van der Waals surface area contributed by atoms with Gasteiger partial charge in [0, 0.05) is 26.2 Å². The molecular weight excluding hydrogens is 401 g/mol. The molecule has 0 bridgehead atoms. The van der Waals surface area contributed by atoms with Gasteiger partial charge in [-0.3, -0.25) is 4.79 Å². The van der Waals surface area contributed by atoms with Gasteiger partial charge >= 0.3 is 5.97 Å². The second-order valence-corrected chi connectivity index (χ2v) is 7.99. The molecule has 7 nitrogen and oxygen atoms in total. The van der Waals surface area contributed by atoms with Gasteiger partial charge in [-0.1, -0.05) is 30.3 Å². The molecule has 0 saturated carbocycles. The molecule has 0 aromatic heterocycles. The first-order chi connectivity index (χ1) is 14.7. The molecule has 168 valence electrons. The van der Waals surface area contributed by atoms with E-state index in [9.17, 15) is 14.0 Å². The Morgan fingerprint density at radius 3 is 2.35 bits per heavy atom. The van der Waals surface area contributed by atoms with Crippen molar-refractivity contribution in [2.24, 2.45) is 0 Å². The SMILES string of the molecule is CC(C)(C)OC=O.Nc1c(C(=O)OCc2ccccc2)ccc(N2CCNCC2)c1F. The molecule has 0 radical (unpaired) electrons. The van der Waals surface area contributed by atoms with Gasteiger partial charge in [0.2, 0.25) is 0 Å². The summed E-state index contributed by atoms with van der Waals surface area (Å²) in [6.45, 7) is 9.03. The number of hydrogen-bond donors (Lipinski definition) is 2. The van der Waals surface area contributed by atoms with Crippen molar-refractivity contribution in [2.45, 2.75) is 33.0 Å². The van der Waals surface area contributed by atoms with Gasteiger partial charge in [-0.25, -0.2) is 9.18 Å². The molecule has 1 saturated heterocycles. The number of piperazine rings is 1. The van der Waals surface area contributed by atoms with Crippen LogP contribution in [0.3, 0.4) is 0 Å². The number of nitrogen functional groups attached to an aromatic ring is 1. The van der Waals surface area contributed by atoms with Gasteiger partial charge in [0.25, 0.3) is 6.47 Å².